The van der Waals surface area contributed by atoms with Gasteiger partial charge in [-0.15, -0.1) is 0 Å². The van der Waals surface area contributed by atoms with Crippen molar-refractivity contribution in [2.75, 3.05) is 13.2 Å². The standard InChI is InChI=1S/C43H76O8/c1-4-5-20-26-36(44)30-31-39-38(40(46)32-41(39)47)27-22-18-19-24-29-43(49)51-34-37(45)33-50-42(48)28-23-17-15-13-11-9-7-6-8-10-12-14-16-21-25-35(2)3/h18,22,30-31,35-40,44-46H,4-17,19-21,23-29,32-34H2,1-3H3/b22-18-,31-30+/t36-,37-,38+,39+,40-/m0/s1. The molecule has 1 fully saturated rings. The molecule has 0 saturated heterocycles. The van der Waals surface area contributed by atoms with Crippen LogP contribution in [-0.4, -0.2) is 64.6 Å². The smallest absolute Gasteiger partial charge is 0.305 e. The maximum Gasteiger partial charge on any atom is 0.305 e. The van der Waals surface area contributed by atoms with Crippen molar-refractivity contribution in [2.24, 2.45) is 17.8 Å². The number of carbonyl (C=O) groups is 3. The first-order valence-corrected chi connectivity index (χ1v) is 20.8. The summed E-state index contributed by atoms with van der Waals surface area (Å²) in [6.07, 6.45) is 30.3. The molecule has 0 aliphatic heterocycles. The zero-order valence-electron chi connectivity index (χ0n) is 32.7. The number of aliphatic hydroxyl groups excluding tert-OH is 3. The van der Waals surface area contributed by atoms with Crippen LogP contribution < -0.4 is 0 Å². The van der Waals surface area contributed by atoms with E-state index < -0.39 is 30.2 Å². The summed E-state index contributed by atoms with van der Waals surface area (Å²) in [5.74, 6) is -0.520. The van der Waals surface area contributed by atoms with Crippen LogP contribution in [0.25, 0.3) is 0 Å². The summed E-state index contributed by atoms with van der Waals surface area (Å²) in [5, 5.41) is 30.6. The Bertz CT molecular complexity index is 944. The minimum Gasteiger partial charge on any atom is -0.463 e. The van der Waals surface area contributed by atoms with Gasteiger partial charge in [0.05, 0.1) is 12.2 Å². The molecule has 0 amide bonds. The molecule has 0 bridgehead atoms. The van der Waals surface area contributed by atoms with Gasteiger partial charge in [-0.25, -0.2) is 0 Å². The maximum absolute atomic E-state index is 12.4. The van der Waals surface area contributed by atoms with E-state index in [9.17, 15) is 29.7 Å². The third-order valence-corrected chi connectivity index (χ3v) is 9.99. The summed E-state index contributed by atoms with van der Waals surface area (Å²) in [5.41, 5.74) is 0. The summed E-state index contributed by atoms with van der Waals surface area (Å²) < 4.78 is 10.3. The van der Waals surface area contributed by atoms with Crippen molar-refractivity contribution < 1.29 is 39.2 Å². The number of Topliss-reactive ketones (excluding diaryl/α,β-unsaturated/α-hetero) is 1. The van der Waals surface area contributed by atoms with E-state index in [1.165, 1.54) is 77.0 Å². The van der Waals surface area contributed by atoms with Gasteiger partial charge >= 0.3 is 11.9 Å². The zero-order valence-corrected chi connectivity index (χ0v) is 32.7. The second-order valence-corrected chi connectivity index (χ2v) is 15.4. The molecule has 3 N–H and O–H groups in total. The van der Waals surface area contributed by atoms with Crippen molar-refractivity contribution in [1.29, 1.82) is 0 Å². The number of ketones is 1. The van der Waals surface area contributed by atoms with Gasteiger partial charge in [0, 0.05) is 31.1 Å². The van der Waals surface area contributed by atoms with Gasteiger partial charge < -0.3 is 24.8 Å². The van der Waals surface area contributed by atoms with Crippen molar-refractivity contribution in [1.82, 2.24) is 0 Å². The Hall–Kier alpha value is -2.03. The molecule has 1 rings (SSSR count). The minimum absolute atomic E-state index is 0.00265. The Balaban J connectivity index is 2.01. The van der Waals surface area contributed by atoms with Gasteiger partial charge in [0.1, 0.15) is 25.1 Å². The molecule has 1 aliphatic carbocycles. The first-order valence-electron chi connectivity index (χ1n) is 20.8. The van der Waals surface area contributed by atoms with Crippen molar-refractivity contribution >= 4 is 17.7 Å². The van der Waals surface area contributed by atoms with Gasteiger partial charge in [-0.2, -0.15) is 0 Å². The van der Waals surface area contributed by atoms with Crippen LogP contribution in [0.3, 0.4) is 0 Å². The number of esters is 2. The third kappa shape index (κ3) is 26.4. The molecular formula is C43H76O8. The normalized spacial score (nSPS) is 19.0. The molecule has 5 atom stereocenters. The van der Waals surface area contributed by atoms with Gasteiger partial charge in [-0.1, -0.05) is 154 Å². The van der Waals surface area contributed by atoms with Crippen LogP contribution >= 0.6 is 0 Å². The number of aliphatic hydroxyl groups is 3. The second-order valence-electron chi connectivity index (χ2n) is 15.4. The number of rotatable bonds is 33. The molecule has 1 saturated carbocycles. The topological polar surface area (TPSA) is 130 Å². The average molecular weight is 721 g/mol. The molecule has 8 nitrogen and oxygen atoms in total. The van der Waals surface area contributed by atoms with E-state index in [1.54, 1.807) is 12.2 Å². The summed E-state index contributed by atoms with van der Waals surface area (Å²) >= 11 is 0. The van der Waals surface area contributed by atoms with Gasteiger partial charge in [0.2, 0.25) is 0 Å². The number of unbranched alkanes of at least 4 members (excludes halogenated alkanes) is 16. The number of carbonyl (C=O) groups excluding carboxylic acids is 3. The van der Waals surface area contributed by atoms with Crippen LogP contribution in [0.5, 0.6) is 0 Å². The number of ether oxygens (including phenoxy) is 2. The number of allylic oxidation sites excluding steroid dienone is 3. The highest BCUT2D eigenvalue weighted by atomic mass is 16.6. The fourth-order valence-electron chi connectivity index (χ4n) is 6.72. The predicted molar refractivity (Wildman–Crippen MR) is 206 cm³/mol. The van der Waals surface area contributed by atoms with Crippen molar-refractivity contribution in [3.8, 4) is 0 Å². The molecule has 0 aromatic heterocycles. The molecule has 0 spiro atoms. The van der Waals surface area contributed by atoms with Gasteiger partial charge in [0.25, 0.3) is 0 Å². The van der Waals surface area contributed by atoms with Crippen LogP contribution in [0.4, 0.5) is 0 Å². The lowest BCUT2D eigenvalue weighted by Crippen LogP contribution is -2.25. The van der Waals surface area contributed by atoms with Crippen molar-refractivity contribution in [2.45, 2.75) is 200 Å². The van der Waals surface area contributed by atoms with E-state index in [0.717, 1.165) is 44.4 Å². The summed E-state index contributed by atoms with van der Waals surface area (Å²) in [4.78, 5) is 36.5. The first-order chi connectivity index (χ1) is 24.6. The SMILES string of the molecule is CCCCC[C@H](O)/C=C/[C@H]1C(=O)C[C@H](O)[C@@H]1C/C=C\CCCC(=O)OC[C@@H](O)COC(=O)CCCCCCCCCCCCCCCCC(C)C. The second kappa shape index (κ2) is 31.5. The van der Waals surface area contributed by atoms with Crippen LogP contribution in [0.15, 0.2) is 24.3 Å². The van der Waals surface area contributed by atoms with Crippen LogP contribution in [0.1, 0.15) is 181 Å². The minimum atomic E-state index is -1.05. The van der Waals surface area contributed by atoms with E-state index in [0.29, 0.717) is 32.1 Å². The van der Waals surface area contributed by atoms with E-state index >= 15 is 0 Å². The van der Waals surface area contributed by atoms with E-state index in [2.05, 4.69) is 20.8 Å². The summed E-state index contributed by atoms with van der Waals surface area (Å²) in [6.45, 7) is 6.33. The quantitative estimate of drug-likeness (QED) is 0.0347. The zero-order chi connectivity index (χ0) is 37.5. The molecule has 8 heteroatoms. The molecule has 0 unspecified atom stereocenters. The van der Waals surface area contributed by atoms with Gasteiger partial charge in [-0.3, -0.25) is 14.4 Å². The Morgan fingerprint density at radius 1 is 0.725 bits per heavy atom. The molecular weight excluding hydrogens is 644 g/mol. The van der Waals surface area contributed by atoms with E-state index in [-0.39, 0.29) is 43.7 Å². The van der Waals surface area contributed by atoms with Crippen molar-refractivity contribution in [3.05, 3.63) is 24.3 Å². The molecule has 51 heavy (non-hydrogen) atoms. The van der Waals surface area contributed by atoms with Crippen LogP contribution in [-0.2, 0) is 23.9 Å². The lowest BCUT2D eigenvalue weighted by atomic mass is 9.90. The molecule has 0 radical (unpaired) electrons. The van der Waals surface area contributed by atoms with Gasteiger partial charge in [-0.05, 0) is 38.0 Å². The number of hydrogen-bond donors (Lipinski definition) is 3. The highest BCUT2D eigenvalue weighted by Gasteiger charge is 2.39. The predicted octanol–water partition coefficient (Wildman–Crippen LogP) is 9.51. The molecule has 1 aliphatic rings. The fourth-order valence-corrected chi connectivity index (χ4v) is 6.72. The summed E-state index contributed by atoms with van der Waals surface area (Å²) in [6, 6.07) is 0. The van der Waals surface area contributed by atoms with Gasteiger partial charge in [0.15, 0.2) is 0 Å². The fraction of sp³-hybridized carbons (Fsp3) is 0.837. The molecule has 0 heterocycles. The highest BCUT2D eigenvalue weighted by molar-refractivity contribution is 5.86. The maximum atomic E-state index is 12.4. The van der Waals surface area contributed by atoms with Crippen LogP contribution in [0.2, 0.25) is 0 Å². The third-order valence-electron chi connectivity index (χ3n) is 9.99. The Labute approximate surface area is 311 Å². The Kier molecular flexibility index (Phi) is 29.0. The molecule has 296 valence electrons. The first kappa shape index (κ1) is 47.0. The largest absolute Gasteiger partial charge is 0.463 e. The van der Waals surface area contributed by atoms with Crippen molar-refractivity contribution in [3.63, 3.8) is 0 Å². The Morgan fingerprint density at radius 3 is 1.78 bits per heavy atom. The van der Waals surface area contributed by atoms with E-state index in [1.807, 2.05) is 12.2 Å². The lowest BCUT2D eigenvalue weighted by Gasteiger charge is -2.17. The monoisotopic (exact) mass is 721 g/mol. The average Bonchev–Trinajstić information content (AvgIpc) is 3.37. The molecule has 0 aromatic rings. The lowest BCUT2D eigenvalue weighted by molar-refractivity contribution is -0.152. The van der Waals surface area contributed by atoms with Crippen LogP contribution in [0, 0.1) is 17.8 Å². The molecule has 0 aromatic carbocycles. The summed E-state index contributed by atoms with van der Waals surface area (Å²) in [7, 11) is 0. The van der Waals surface area contributed by atoms with E-state index in [4.69, 9.17) is 9.47 Å². The number of hydrogen-bond acceptors (Lipinski definition) is 8. The highest BCUT2D eigenvalue weighted by Crippen LogP contribution is 2.33. The Morgan fingerprint density at radius 2 is 1.24 bits per heavy atom.